The first-order chi connectivity index (χ1) is 13.3. The van der Waals surface area contributed by atoms with E-state index in [1.54, 1.807) is 12.4 Å². The van der Waals surface area contributed by atoms with Crippen LogP contribution < -0.4 is 5.32 Å². The van der Waals surface area contributed by atoms with Gasteiger partial charge < -0.3 is 5.32 Å². The minimum absolute atomic E-state index is 0.0592. The van der Waals surface area contributed by atoms with Gasteiger partial charge in [0.25, 0.3) is 0 Å². The molecule has 0 radical (unpaired) electrons. The first-order valence-corrected chi connectivity index (χ1v) is 9.17. The largest absolute Gasteiger partial charge is 0.308 e. The van der Waals surface area contributed by atoms with Crippen molar-refractivity contribution >= 4 is 17.8 Å². The lowest BCUT2D eigenvalue weighted by Crippen LogP contribution is -2.32. The van der Waals surface area contributed by atoms with Crippen LogP contribution in [0, 0.1) is 5.92 Å². The molecule has 2 aliphatic carbocycles. The number of nitrogens with one attached hydrogen (secondary N) is 2. The van der Waals surface area contributed by atoms with Crippen LogP contribution in [0.25, 0.3) is 6.08 Å². The van der Waals surface area contributed by atoms with Gasteiger partial charge in [-0.25, -0.2) is 0 Å². The average molecular weight is 357 g/mol. The Morgan fingerprint density at radius 3 is 2.37 bits per heavy atom. The Bertz CT molecular complexity index is 966. The predicted octanol–water partition coefficient (Wildman–Crippen LogP) is 3.10. The fourth-order valence-electron chi connectivity index (χ4n) is 3.66. The Kier molecular flexibility index (Phi) is 3.63. The van der Waals surface area contributed by atoms with Crippen molar-refractivity contribution in [3.8, 4) is 0 Å². The number of amides is 1. The molecule has 3 aromatic rings. The van der Waals surface area contributed by atoms with E-state index in [0.29, 0.717) is 12.2 Å². The molecule has 1 amide bonds. The second-order valence-corrected chi connectivity index (χ2v) is 7.14. The fourth-order valence-corrected chi connectivity index (χ4v) is 3.66. The maximum absolute atomic E-state index is 12.1. The number of fused-ring (bicyclic) bond motifs is 1. The molecule has 0 aromatic carbocycles. The van der Waals surface area contributed by atoms with Crippen molar-refractivity contribution in [3.63, 3.8) is 0 Å². The number of H-pyrrole nitrogens is 1. The van der Waals surface area contributed by atoms with Gasteiger partial charge in [0, 0.05) is 36.0 Å². The second kappa shape index (κ2) is 6.16. The van der Waals surface area contributed by atoms with Crippen LogP contribution in [0.4, 0.5) is 5.82 Å². The maximum Gasteiger partial charge on any atom is 0.228 e. The van der Waals surface area contributed by atoms with Gasteiger partial charge in [0.05, 0.1) is 16.8 Å². The summed E-state index contributed by atoms with van der Waals surface area (Å²) in [5.74, 6) is 0.809. The van der Waals surface area contributed by atoms with E-state index < -0.39 is 5.41 Å². The van der Waals surface area contributed by atoms with Gasteiger partial charge in [-0.2, -0.15) is 5.10 Å². The molecule has 0 aliphatic heterocycles. The quantitative estimate of drug-likeness (QED) is 0.751. The normalized spacial score (nSPS) is 17.3. The standard InChI is InChI=1S/C21H19N5O/c27-20(14-7-8-14)24-19-15-9-10-21(13-16(15)25-26-19,17-5-1-3-11-22-17)18-6-2-4-12-23-18/h1-6,9-12,14H,7-8,13H2,(H2,24,25,26,27). The Hall–Kier alpha value is -3.28. The molecule has 2 N–H and O–H groups in total. The molecular weight excluding hydrogens is 338 g/mol. The maximum atomic E-state index is 12.1. The monoisotopic (exact) mass is 357 g/mol. The van der Waals surface area contributed by atoms with Gasteiger partial charge in [0.15, 0.2) is 5.82 Å². The minimum atomic E-state index is -0.472. The average Bonchev–Trinajstić information content (AvgIpc) is 3.52. The zero-order valence-corrected chi connectivity index (χ0v) is 14.7. The van der Waals surface area contributed by atoms with Gasteiger partial charge in [-0.05, 0) is 37.1 Å². The number of pyridine rings is 2. The number of allylic oxidation sites excluding steroid dienone is 1. The summed E-state index contributed by atoms with van der Waals surface area (Å²) in [5, 5.41) is 10.4. The van der Waals surface area contributed by atoms with Crippen molar-refractivity contribution in [1.29, 1.82) is 0 Å². The fraction of sp³-hybridized carbons (Fsp3) is 0.238. The first-order valence-electron chi connectivity index (χ1n) is 9.17. The third-order valence-corrected chi connectivity index (χ3v) is 5.31. The van der Waals surface area contributed by atoms with Crippen LogP contribution in [-0.4, -0.2) is 26.1 Å². The molecule has 3 heterocycles. The lowest BCUT2D eigenvalue weighted by Gasteiger charge is -2.32. The third-order valence-electron chi connectivity index (χ3n) is 5.31. The van der Waals surface area contributed by atoms with E-state index in [4.69, 9.17) is 0 Å². The highest BCUT2D eigenvalue weighted by molar-refractivity contribution is 5.95. The number of hydrogen-bond acceptors (Lipinski definition) is 4. The number of hydrogen-bond donors (Lipinski definition) is 2. The van der Waals surface area contributed by atoms with Gasteiger partial charge in [-0.15, -0.1) is 0 Å². The van der Waals surface area contributed by atoms with Crippen molar-refractivity contribution in [1.82, 2.24) is 20.2 Å². The second-order valence-electron chi connectivity index (χ2n) is 7.14. The van der Waals surface area contributed by atoms with E-state index in [1.165, 1.54) is 0 Å². The van der Waals surface area contributed by atoms with Crippen molar-refractivity contribution < 1.29 is 4.79 Å². The highest BCUT2D eigenvalue weighted by Crippen LogP contribution is 2.41. The Labute approximate surface area is 156 Å². The molecule has 6 nitrogen and oxygen atoms in total. The number of anilines is 1. The molecule has 0 bridgehead atoms. The molecule has 6 heteroatoms. The molecule has 1 fully saturated rings. The van der Waals surface area contributed by atoms with E-state index in [0.717, 1.165) is 35.5 Å². The van der Waals surface area contributed by atoms with Gasteiger partial charge in [0.2, 0.25) is 5.91 Å². The predicted molar refractivity (Wildman–Crippen MR) is 102 cm³/mol. The van der Waals surface area contributed by atoms with Crippen LogP contribution in [-0.2, 0) is 16.6 Å². The molecule has 3 aromatic heterocycles. The summed E-state index contributed by atoms with van der Waals surface area (Å²) in [6, 6.07) is 11.9. The van der Waals surface area contributed by atoms with Crippen LogP contribution in [0.2, 0.25) is 0 Å². The Morgan fingerprint density at radius 2 is 1.78 bits per heavy atom. The lowest BCUT2D eigenvalue weighted by atomic mass is 9.73. The Balaban J connectivity index is 1.56. The summed E-state index contributed by atoms with van der Waals surface area (Å²) < 4.78 is 0. The van der Waals surface area contributed by atoms with Crippen molar-refractivity contribution in [2.45, 2.75) is 24.7 Å². The van der Waals surface area contributed by atoms with Crippen LogP contribution in [0.3, 0.4) is 0 Å². The van der Waals surface area contributed by atoms with Crippen LogP contribution in [0.15, 0.2) is 54.9 Å². The summed E-state index contributed by atoms with van der Waals surface area (Å²) >= 11 is 0. The molecule has 5 rings (SSSR count). The SMILES string of the molecule is O=C(Nc1n[nH]c2c1C=CC(c1ccccn1)(c1ccccn1)C2)C1CC1. The highest BCUT2D eigenvalue weighted by atomic mass is 16.2. The van der Waals surface area contributed by atoms with E-state index in [-0.39, 0.29) is 11.8 Å². The summed E-state index contributed by atoms with van der Waals surface area (Å²) in [6.45, 7) is 0. The number of nitrogens with zero attached hydrogens (tertiary/aromatic N) is 3. The number of carbonyl (C=O) groups excluding carboxylic acids is 1. The number of carbonyl (C=O) groups is 1. The summed E-state index contributed by atoms with van der Waals surface area (Å²) in [5.41, 5.74) is 3.30. The first kappa shape index (κ1) is 15.9. The van der Waals surface area contributed by atoms with Crippen LogP contribution in [0.1, 0.15) is 35.5 Å². The van der Waals surface area contributed by atoms with Crippen molar-refractivity contribution in [3.05, 3.63) is 77.5 Å². The minimum Gasteiger partial charge on any atom is -0.308 e. The van der Waals surface area contributed by atoms with Crippen LogP contribution in [0.5, 0.6) is 0 Å². The van der Waals surface area contributed by atoms with Gasteiger partial charge in [0.1, 0.15) is 0 Å². The van der Waals surface area contributed by atoms with Crippen molar-refractivity contribution in [2.24, 2.45) is 5.92 Å². The van der Waals surface area contributed by atoms with E-state index in [9.17, 15) is 4.79 Å². The molecule has 0 spiro atoms. The molecular formula is C21H19N5O. The molecule has 1 saturated carbocycles. The highest BCUT2D eigenvalue weighted by Gasteiger charge is 2.39. The topological polar surface area (TPSA) is 83.6 Å². The molecule has 2 aliphatic rings. The van der Waals surface area contributed by atoms with E-state index >= 15 is 0 Å². The Morgan fingerprint density at radius 1 is 1.07 bits per heavy atom. The smallest absolute Gasteiger partial charge is 0.228 e. The van der Waals surface area contributed by atoms with E-state index in [2.05, 4.69) is 31.6 Å². The molecule has 0 unspecified atom stereocenters. The molecule has 0 saturated heterocycles. The summed E-state index contributed by atoms with van der Waals surface area (Å²) in [7, 11) is 0. The number of aromatic amines is 1. The summed E-state index contributed by atoms with van der Waals surface area (Å²) in [6.07, 6.45) is 10.3. The van der Waals surface area contributed by atoms with E-state index in [1.807, 2.05) is 42.5 Å². The zero-order chi connectivity index (χ0) is 18.3. The third kappa shape index (κ3) is 2.73. The molecule has 27 heavy (non-hydrogen) atoms. The van der Waals surface area contributed by atoms with Gasteiger partial charge in [-0.3, -0.25) is 19.9 Å². The summed E-state index contributed by atoms with van der Waals surface area (Å²) in [4.78, 5) is 21.4. The van der Waals surface area contributed by atoms with Gasteiger partial charge >= 0.3 is 0 Å². The van der Waals surface area contributed by atoms with Crippen LogP contribution >= 0.6 is 0 Å². The lowest BCUT2D eigenvalue weighted by molar-refractivity contribution is -0.117. The molecule has 134 valence electrons. The number of rotatable bonds is 4. The van der Waals surface area contributed by atoms with Gasteiger partial charge in [-0.1, -0.05) is 24.3 Å². The zero-order valence-electron chi connectivity index (χ0n) is 14.7. The molecule has 0 atom stereocenters. The number of aromatic nitrogens is 4. The van der Waals surface area contributed by atoms with Crippen molar-refractivity contribution in [2.75, 3.05) is 5.32 Å².